The van der Waals surface area contributed by atoms with Crippen LogP contribution in [0.1, 0.15) is 58.3 Å². The first-order chi connectivity index (χ1) is 30.0. The van der Waals surface area contributed by atoms with E-state index in [0.29, 0.717) is 33.0 Å². The average Bonchev–Trinajstić information content (AvgIpc) is 3.60. The molecular formula is C42H34IrN4O-2. The van der Waals surface area contributed by atoms with Gasteiger partial charge in [0.1, 0.15) is 0 Å². The molecule has 0 aliphatic carbocycles. The number of hydrogen-bond acceptors (Lipinski definition) is 5. The molecule has 5 heterocycles. The third kappa shape index (κ3) is 6.55. The van der Waals surface area contributed by atoms with Gasteiger partial charge < -0.3 is 14.4 Å². The van der Waals surface area contributed by atoms with Crippen molar-refractivity contribution in [1.82, 2.24) is 19.9 Å². The number of rotatable bonds is 3. The van der Waals surface area contributed by atoms with Gasteiger partial charge in [-0.15, -0.1) is 53.6 Å². The summed E-state index contributed by atoms with van der Waals surface area (Å²) in [5.41, 5.74) is 1.95. The van der Waals surface area contributed by atoms with Crippen molar-refractivity contribution in [2.24, 2.45) is 0 Å². The summed E-state index contributed by atoms with van der Waals surface area (Å²) in [5, 5.41) is 1.55. The molecule has 0 fully saturated rings. The van der Waals surface area contributed by atoms with Crippen LogP contribution < -0.4 is 0 Å². The Hall–Kier alpha value is -5.03. The summed E-state index contributed by atoms with van der Waals surface area (Å²) in [6.07, 6.45) is 2.45. The predicted molar refractivity (Wildman–Crippen MR) is 191 cm³/mol. The summed E-state index contributed by atoms with van der Waals surface area (Å²) in [6.45, 7) is -14.7. The van der Waals surface area contributed by atoms with Gasteiger partial charge in [-0.1, -0.05) is 42.1 Å². The van der Waals surface area contributed by atoms with E-state index in [1.54, 1.807) is 30.3 Å². The van der Waals surface area contributed by atoms with Crippen LogP contribution in [0.15, 0.2) is 102 Å². The zero-order valence-electron chi connectivity index (χ0n) is 42.8. The molecule has 0 aliphatic heterocycles. The monoisotopic (exact) mass is 821 g/mol. The molecule has 3 aromatic carbocycles. The summed E-state index contributed by atoms with van der Waals surface area (Å²) >= 11 is 0. The molecular weight excluding hydrogens is 769 g/mol. The van der Waals surface area contributed by atoms with E-state index in [-0.39, 0.29) is 87.4 Å². The molecule has 8 rings (SSSR count). The second kappa shape index (κ2) is 13.6. The molecule has 239 valence electrons. The summed E-state index contributed by atoms with van der Waals surface area (Å²) in [6, 6.07) is 26.8. The van der Waals surface area contributed by atoms with Crippen LogP contribution in [-0.4, -0.2) is 19.9 Å². The standard InChI is InChI=1S/C29H22N3O.C13H12N.Ir/c1-16-12-26-20(10-8-18(3)31-26)13-24(16)25-14-27(30-15-17(25)2)23-7-5-6-21-22-11-9-19(4)32-29(22)33-28(21)23;1-10-3-6-12(7-4-10)13-8-5-11(2)9-14-13;/h5-6,8-15H,1-4H3;3-6,8-9H,1-2H3;/q2*-1;/i1D3,2D3,3D3,4D3;1D3,2D3;. The fourth-order valence-corrected chi connectivity index (χ4v) is 5.16. The van der Waals surface area contributed by atoms with Crippen molar-refractivity contribution in [2.45, 2.75) is 41.1 Å². The Morgan fingerprint density at radius 1 is 0.646 bits per heavy atom. The van der Waals surface area contributed by atoms with E-state index in [1.165, 1.54) is 60.8 Å². The Balaban J connectivity index is 0.000000288. The number of hydrogen-bond donors (Lipinski definition) is 0. The maximum Gasteiger partial charge on any atom is 0.216 e. The van der Waals surface area contributed by atoms with Crippen molar-refractivity contribution < 1.29 is 49.2 Å². The number of aromatic nitrogens is 4. The summed E-state index contributed by atoms with van der Waals surface area (Å²) in [4.78, 5) is 16.8. The van der Waals surface area contributed by atoms with Gasteiger partial charge in [0.15, 0.2) is 0 Å². The van der Waals surface area contributed by atoms with Crippen LogP contribution in [-0.2, 0) is 20.1 Å². The Morgan fingerprint density at radius 3 is 2.23 bits per heavy atom. The minimum Gasteiger partial charge on any atom is -0.486 e. The first-order valence-electron chi connectivity index (χ1n) is 23.2. The van der Waals surface area contributed by atoms with Crippen LogP contribution >= 0.6 is 0 Å². The first kappa shape index (κ1) is 17.4. The van der Waals surface area contributed by atoms with Gasteiger partial charge in [-0.2, -0.15) is 0 Å². The maximum atomic E-state index is 8.26. The smallest absolute Gasteiger partial charge is 0.216 e. The van der Waals surface area contributed by atoms with Crippen LogP contribution in [0.25, 0.3) is 66.6 Å². The minimum atomic E-state index is -2.73. The van der Waals surface area contributed by atoms with Gasteiger partial charge in [0.2, 0.25) is 5.71 Å². The number of aryl methyl sites for hydroxylation is 6. The molecule has 0 saturated heterocycles. The van der Waals surface area contributed by atoms with Gasteiger partial charge in [-0.05, 0) is 104 Å². The molecule has 0 spiro atoms. The summed E-state index contributed by atoms with van der Waals surface area (Å²) < 4.78 is 145. The van der Waals surface area contributed by atoms with Crippen molar-refractivity contribution in [3.63, 3.8) is 0 Å². The van der Waals surface area contributed by atoms with Crippen molar-refractivity contribution in [2.75, 3.05) is 0 Å². The predicted octanol–water partition coefficient (Wildman–Crippen LogP) is 10.5. The number of furan rings is 1. The Kier molecular flexibility index (Phi) is 4.93. The number of pyridine rings is 4. The third-order valence-electron chi connectivity index (χ3n) is 7.43. The molecule has 48 heavy (non-hydrogen) atoms. The van der Waals surface area contributed by atoms with Gasteiger partial charge >= 0.3 is 0 Å². The normalized spacial score (nSPS) is 18.1. The second-order valence-corrected chi connectivity index (χ2v) is 10.6. The van der Waals surface area contributed by atoms with Crippen LogP contribution in [0.2, 0.25) is 0 Å². The van der Waals surface area contributed by atoms with E-state index in [0.717, 1.165) is 6.20 Å². The summed E-state index contributed by atoms with van der Waals surface area (Å²) in [7, 11) is 0. The van der Waals surface area contributed by atoms with Gasteiger partial charge in [0.05, 0.1) is 11.1 Å². The Morgan fingerprint density at radius 2 is 1.46 bits per heavy atom. The van der Waals surface area contributed by atoms with E-state index >= 15 is 0 Å². The zero-order valence-corrected chi connectivity index (χ0v) is 27.2. The first-order valence-corrected chi connectivity index (χ1v) is 14.2. The molecule has 0 aliphatic rings. The fourth-order valence-electron chi connectivity index (χ4n) is 5.16. The number of fused-ring (bicyclic) bond motifs is 4. The zero-order chi connectivity index (χ0) is 47.7. The van der Waals surface area contributed by atoms with Crippen LogP contribution in [0, 0.1) is 53.2 Å². The Bertz CT molecular complexity index is 3000. The van der Waals surface area contributed by atoms with Crippen molar-refractivity contribution in [1.29, 1.82) is 0 Å². The maximum absolute atomic E-state index is 8.26. The quantitative estimate of drug-likeness (QED) is 0.166. The van der Waals surface area contributed by atoms with Gasteiger partial charge in [-0.25, -0.2) is 4.98 Å². The van der Waals surface area contributed by atoms with E-state index in [9.17, 15) is 0 Å². The average molecular weight is 821 g/mol. The fraction of sp³-hybridized carbons (Fsp3) is 0.143. The van der Waals surface area contributed by atoms with E-state index in [4.69, 9.17) is 29.1 Å². The second-order valence-electron chi connectivity index (χ2n) is 10.6. The molecule has 6 heteroatoms. The topological polar surface area (TPSA) is 64.7 Å². The van der Waals surface area contributed by atoms with E-state index < -0.39 is 41.1 Å². The van der Waals surface area contributed by atoms with E-state index in [1.807, 2.05) is 0 Å². The largest absolute Gasteiger partial charge is 0.486 e. The number of nitrogens with zero attached hydrogens (tertiary/aromatic N) is 4. The molecule has 8 aromatic rings. The molecule has 0 N–H and O–H groups in total. The van der Waals surface area contributed by atoms with Crippen LogP contribution in [0.4, 0.5) is 0 Å². The molecule has 0 atom stereocenters. The third-order valence-corrected chi connectivity index (χ3v) is 7.43. The van der Waals surface area contributed by atoms with Crippen molar-refractivity contribution >= 4 is 33.0 Å². The van der Waals surface area contributed by atoms with Crippen LogP contribution in [0.5, 0.6) is 0 Å². The van der Waals surface area contributed by atoms with Gasteiger partial charge in [-0.3, -0.25) is 4.98 Å². The van der Waals surface area contributed by atoms with Gasteiger partial charge in [0, 0.05) is 79.3 Å². The van der Waals surface area contributed by atoms with Crippen molar-refractivity contribution in [3.8, 4) is 33.6 Å². The Labute approximate surface area is 319 Å². The molecule has 0 bridgehead atoms. The molecule has 5 aromatic heterocycles. The minimum absolute atomic E-state index is 0. The van der Waals surface area contributed by atoms with Crippen LogP contribution in [0.3, 0.4) is 0 Å². The SMILES string of the molecule is [2H]C([2H])([2H])c1c[c-]c(-c2ccc(C([2H])([2H])[2H])cn2)cc1.[2H]C([2H])([2H])c1ccc2cc(-c3cc(-c4[c-]ccc5c4oc4nc(C([2H])([2H])[2H])ccc45)ncc3C([2H])([2H])[2H])c(C([2H])([2H])[2H])cc2n1.[Ir]. The molecule has 0 amide bonds. The summed E-state index contributed by atoms with van der Waals surface area (Å²) in [5.74, 6) is 0. The van der Waals surface area contributed by atoms with E-state index in [2.05, 4.69) is 32.1 Å². The number of benzene rings is 3. The molecule has 0 unspecified atom stereocenters. The molecule has 1 radical (unpaired) electrons. The van der Waals surface area contributed by atoms with Gasteiger partial charge in [0.25, 0.3) is 0 Å². The van der Waals surface area contributed by atoms with Crippen molar-refractivity contribution in [3.05, 3.63) is 143 Å². The molecule has 5 nitrogen and oxygen atoms in total. The molecule has 0 saturated carbocycles.